The zero-order chi connectivity index (χ0) is 34.1. The number of benzene rings is 2. The van der Waals surface area contributed by atoms with Gasteiger partial charge in [-0.05, 0) is 102 Å². The number of rotatable bonds is 14. The van der Waals surface area contributed by atoms with Crippen LogP contribution in [0.2, 0.25) is 0 Å². The second-order valence-corrected chi connectivity index (χ2v) is 13.3. The van der Waals surface area contributed by atoms with Crippen molar-refractivity contribution >= 4 is 66.9 Å². The van der Waals surface area contributed by atoms with Crippen molar-refractivity contribution in [3.05, 3.63) is 71.2 Å². The molecule has 0 aromatic heterocycles. The molecule has 0 saturated heterocycles. The minimum Gasteiger partial charge on any atom is -0.486 e. The lowest BCUT2D eigenvalue weighted by molar-refractivity contribution is -0.160. The SMILES string of the molecule is CC[C@]1(C)OC(=O)C(OC(C)C)=C1c1ccc(SOOC)cc1.CC[C@]1(C)OC(=S)C(OC(C)C)=C1c1ccc(SOOC)cc1.[B]. The molecule has 2 aliphatic heterocycles. The van der Waals surface area contributed by atoms with Crippen LogP contribution in [0.25, 0.3) is 11.1 Å². The van der Waals surface area contributed by atoms with Gasteiger partial charge in [-0.3, -0.25) is 0 Å². The molecule has 0 amide bonds. The highest BCUT2D eigenvalue weighted by atomic mass is 32.2. The summed E-state index contributed by atoms with van der Waals surface area (Å²) in [6, 6.07) is 15.6. The van der Waals surface area contributed by atoms with Crippen LogP contribution in [0.5, 0.6) is 0 Å². The summed E-state index contributed by atoms with van der Waals surface area (Å²) in [5.74, 6) is 0.574. The highest BCUT2D eigenvalue weighted by Gasteiger charge is 2.45. The molecule has 2 aliphatic rings. The largest absolute Gasteiger partial charge is 0.486 e. The fourth-order valence-electron chi connectivity index (χ4n) is 4.85. The molecule has 2 heterocycles. The maximum Gasteiger partial charge on any atom is 0.374 e. The molecule has 2 aromatic carbocycles. The number of hydrogen-bond donors (Lipinski definition) is 0. The highest BCUT2D eigenvalue weighted by Crippen LogP contribution is 2.44. The third-order valence-corrected chi connectivity index (χ3v) is 8.86. The smallest absolute Gasteiger partial charge is 0.374 e. The van der Waals surface area contributed by atoms with E-state index >= 15 is 0 Å². The first-order valence-electron chi connectivity index (χ1n) is 15.1. The Balaban J connectivity index is 0.000000320. The lowest BCUT2D eigenvalue weighted by Crippen LogP contribution is -2.26. The predicted octanol–water partition coefficient (Wildman–Crippen LogP) is 8.69. The molecule has 0 fully saturated rings. The zero-order valence-electron chi connectivity index (χ0n) is 28.7. The summed E-state index contributed by atoms with van der Waals surface area (Å²) in [7, 11) is 2.93. The van der Waals surface area contributed by atoms with Gasteiger partial charge in [-0.15, -0.1) is 0 Å². The molecule has 2 aromatic rings. The number of carbonyl (C=O) groups is 1. The molecule has 4 rings (SSSR count). The normalized spacial score (nSPS) is 20.6. The lowest BCUT2D eigenvalue weighted by atomic mass is 9.88. The molecule has 3 radical (unpaired) electrons. The maximum absolute atomic E-state index is 12.2. The summed E-state index contributed by atoms with van der Waals surface area (Å²) in [6.45, 7) is 15.8. The van der Waals surface area contributed by atoms with Crippen molar-refractivity contribution in [3.8, 4) is 0 Å². The minimum absolute atomic E-state index is 0. The second-order valence-electron chi connectivity index (χ2n) is 11.4. The summed E-state index contributed by atoms with van der Waals surface area (Å²) in [4.78, 5) is 23.2. The summed E-state index contributed by atoms with van der Waals surface area (Å²) >= 11 is 7.67. The van der Waals surface area contributed by atoms with Crippen LogP contribution in [-0.2, 0) is 42.2 Å². The van der Waals surface area contributed by atoms with Crippen molar-refractivity contribution in [1.29, 1.82) is 0 Å². The van der Waals surface area contributed by atoms with Crippen LogP contribution >= 0.6 is 36.3 Å². The molecule has 2 atom stereocenters. The Morgan fingerprint density at radius 3 is 1.47 bits per heavy atom. The van der Waals surface area contributed by atoms with E-state index in [4.69, 9.17) is 39.8 Å². The third kappa shape index (κ3) is 10.2. The topological polar surface area (TPSA) is 90.9 Å². The van der Waals surface area contributed by atoms with E-state index < -0.39 is 17.2 Å². The van der Waals surface area contributed by atoms with Crippen LogP contribution in [0.1, 0.15) is 79.4 Å². The average molecular weight is 704 g/mol. The maximum atomic E-state index is 12.2. The van der Waals surface area contributed by atoms with Crippen LogP contribution in [-0.4, -0.2) is 57.1 Å². The van der Waals surface area contributed by atoms with E-state index in [1.165, 1.54) is 14.2 Å². The molecule has 0 aliphatic carbocycles. The van der Waals surface area contributed by atoms with Gasteiger partial charge in [-0.25, -0.2) is 14.6 Å². The van der Waals surface area contributed by atoms with Crippen molar-refractivity contribution in [2.75, 3.05) is 14.2 Å². The van der Waals surface area contributed by atoms with Crippen LogP contribution < -0.4 is 0 Å². The summed E-state index contributed by atoms with van der Waals surface area (Å²) in [5.41, 5.74) is 2.58. The van der Waals surface area contributed by atoms with Gasteiger partial charge in [-0.2, -0.15) is 8.67 Å². The van der Waals surface area contributed by atoms with Gasteiger partial charge in [0.1, 0.15) is 11.2 Å². The molecular formula is C34H44BO9S3. The molecule has 0 spiro atoms. The van der Waals surface area contributed by atoms with Gasteiger partial charge in [0.25, 0.3) is 0 Å². The van der Waals surface area contributed by atoms with Gasteiger partial charge in [0.05, 0.1) is 56.1 Å². The second kappa shape index (κ2) is 18.3. The van der Waals surface area contributed by atoms with E-state index in [0.29, 0.717) is 23.0 Å². The van der Waals surface area contributed by atoms with Crippen molar-refractivity contribution in [3.63, 3.8) is 0 Å². The molecular weight excluding hydrogens is 659 g/mol. The van der Waals surface area contributed by atoms with Crippen LogP contribution in [0.3, 0.4) is 0 Å². The van der Waals surface area contributed by atoms with Crippen LogP contribution in [0, 0.1) is 0 Å². The molecule has 13 heteroatoms. The van der Waals surface area contributed by atoms with Gasteiger partial charge in [0.2, 0.25) is 10.8 Å². The quantitative estimate of drug-likeness (QED) is 0.0471. The van der Waals surface area contributed by atoms with Gasteiger partial charge >= 0.3 is 5.97 Å². The van der Waals surface area contributed by atoms with Gasteiger partial charge < -0.3 is 18.9 Å². The molecule has 47 heavy (non-hydrogen) atoms. The molecule has 0 unspecified atom stereocenters. The zero-order valence-corrected chi connectivity index (χ0v) is 31.1. The minimum atomic E-state index is -0.682. The van der Waals surface area contributed by atoms with Gasteiger partial charge in [0, 0.05) is 23.8 Å². The Kier molecular flexibility index (Phi) is 15.8. The fraction of sp³-hybridized carbons (Fsp3) is 0.471. The van der Waals surface area contributed by atoms with E-state index in [1.807, 2.05) is 97.0 Å². The van der Waals surface area contributed by atoms with E-state index in [-0.39, 0.29) is 20.6 Å². The standard InChI is InChI=1S/C17H22O5S.C17H22O4S2.B/c1-6-17(4)14(15(16(18)21-17)20-11(2)3)12-7-9-13(10-8-12)23-22-19-5;1-6-17(4)14(15(16(22)20-17)19-11(2)3)12-7-9-13(10-8-12)23-21-18-5;/h2*7-11H,6H2,1-5H3;/t2*17-;/m00./s1. The van der Waals surface area contributed by atoms with Crippen molar-refractivity contribution in [1.82, 2.24) is 0 Å². The van der Waals surface area contributed by atoms with Crippen LogP contribution in [0.4, 0.5) is 0 Å². The number of ether oxygens (including phenoxy) is 4. The average Bonchev–Trinajstić information content (AvgIpc) is 3.42. The van der Waals surface area contributed by atoms with Gasteiger partial charge in [-0.1, -0.05) is 38.1 Å². The number of carbonyl (C=O) groups excluding carboxylic acids is 1. The first kappa shape index (κ1) is 40.7. The number of thiocarbonyl (C=S) groups is 1. The summed E-state index contributed by atoms with van der Waals surface area (Å²) < 4.78 is 32.9. The number of cyclic esters (lactones) is 1. The summed E-state index contributed by atoms with van der Waals surface area (Å²) in [5, 5.41) is 0.430. The molecule has 9 nitrogen and oxygen atoms in total. The Bertz CT molecular complexity index is 1300. The Morgan fingerprint density at radius 2 is 1.09 bits per heavy atom. The highest BCUT2D eigenvalue weighted by molar-refractivity contribution is 7.94. The van der Waals surface area contributed by atoms with Crippen LogP contribution in [0.15, 0.2) is 69.8 Å². The number of esters is 1. The Labute approximate surface area is 294 Å². The fourth-order valence-corrected chi connectivity index (χ4v) is 5.97. The van der Waals surface area contributed by atoms with E-state index in [2.05, 4.69) is 16.7 Å². The van der Waals surface area contributed by atoms with Crippen molar-refractivity contribution in [2.45, 2.75) is 101 Å². The monoisotopic (exact) mass is 703 g/mol. The first-order chi connectivity index (χ1) is 21.8. The van der Waals surface area contributed by atoms with Crippen molar-refractivity contribution in [2.24, 2.45) is 0 Å². The Hall–Kier alpha value is -2.52. The molecule has 0 bridgehead atoms. The molecule has 0 N–H and O–H groups in total. The predicted molar refractivity (Wildman–Crippen MR) is 190 cm³/mol. The van der Waals surface area contributed by atoms with E-state index in [1.54, 1.807) is 0 Å². The third-order valence-electron chi connectivity index (χ3n) is 7.26. The molecule has 255 valence electrons. The van der Waals surface area contributed by atoms with Crippen molar-refractivity contribution < 1.29 is 42.2 Å². The van der Waals surface area contributed by atoms with E-state index in [0.717, 1.165) is 62.6 Å². The lowest BCUT2D eigenvalue weighted by Gasteiger charge is -2.25. The molecule has 0 saturated carbocycles. The Morgan fingerprint density at radius 1 is 0.702 bits per heavy atom. The van der Waals surface area contributed by atoms with E-state index in [9.17, 15) is 4.79 Å². The number of hydrogen-bond acceptors (Lipinski definition) is 12. The van der Waals surface area contributed by atoms with Gasteiger partial charge in [0.15, 0.2) is 5.76 Å². The first-order valence-corrected chi connectivity index (χ1v) is 17.0. The summed E-state index contributed by atoms with van der Waals surface area (Å²) in [6.07, 6.45) is 1.40.